The molecule has 2 aromatic carbocycles. The van der Waals surface area contributed by atoms with Gasteiger partial charge in [0.15, 0.2) is 5.82 Å². The van der Waals surface area contributed by atoms with Crippen LogP contribution in [0, 0.1) is 5.82 Å². The number of aromatic nitrogens is 5. The Kier molecular flexibility index (Phi) is 8.71. The summed E-state index contributed by atoms with van der Waals surface area (Å²) in [5, 5.41) is 2.73. The van der Waals surface area contributed by atoms with Crippen molar-refractivity contribution in [2.45, 2.75) is 31.9 Å². The molecule has 11 nitrogen and oxygen atoms in total. The minimum atomic E-state index is -0.397. The molecule has 0 spiro atoms. The molecule has 0 aliphatic carbocycles. The SMILES string of the molecule is Nc1ncc(-c2ccc3nc(CN4CCC(c5cccc(OCc6ccc(Cl)cc6F)n5)CC4)[nH]c3c2)c(N=CNC=O)n1. The minimum Gasteiger partial charge on any atom is -0.473 e. The summed E-state index contributed by atoms with van der Waals surface area (Å²) in [6, 6.07) is 16.1. The highest BCUT2D eigenvalue weighted by Crippen LogP contribution is 2.31. The molecule has 4 N–H and O–H groups in total. The van der Waals surface area contributed by atoms with E-state index in [0.29, 0.717) is 46.7 Å². The van der Waals surface area contributed by atoms with E-state index in [4.69, 9.17) is 32.0 Å². The van der Waals surface area contributed by atoms with Crippen molar-refractivity contribution in [3.63, 3.8) is 0 Å². The number of nitrogens with two attached hydrogens (primary N) is 1. The number of likely N-dealkylation sites (tertiary alicyclic amines) is 1. The van der Waals surface area contributed by atoms with Gasteiger partial charge in [0.25, 0.3) is 0 Å². The van der Waals surface area contributed by atoms with Crippen molar-refractivity contribution in [1.29, 1.82) is 0 Å². The van der Waals surface area contributed by atoms with Gasteiger partial charge >= 0.3 is 0 Å². The van der Waals surface area contributed by atoms with E-state index in [2.05, 4.69) is 30.2 Å². The fourth-order valence-electron chi connectivity index (χ4n) is 5.25. The van der Waals surface area contributed by atoms with Crippen LogP contribution in [0.1, 0.15) is 35.8 Å². The Balaban J connectivity index is 1.08. The highest BCUT2D eigenvalue weighted by molar-refractivity contribution is 6.30. The zero-order valence-corrected chi connectivity index (χ0v) is 24.3. The first-order valence-electron chi connectivity index (χ1n) is 14.0. The van der Waals surface area contributed by atoms with E-state index >= 15 is 0 Å². The summed E-state index contributed by atoms with van der Waals surface area (Å²) >= 11 is 5.85. The van der Waals surface area contributed by atoms with Crippen molar-refractivity contribution in [2.75, 3.05) is 18.8 Å². The number of ether oxygens (including phenoxy) is 1. The second-order valence-corrected chi connectivity index (χ2v) is 10.8. The molecular formula is C31H29ClFN9O2. The van der Waals surface area contributed by atoms with E-state index in [1.54, 1.807) is 24.4 Å². The number of aliphatic imine (C=N–C) groups is 1. The van der Waals surface area contributed by atoms with Gasteiger partial charge in [0.1, 0.15) is 18.2 Å². The van der Waals surface area contributed by atoms with E-state index in [0.717, 1.165) is 54.0 Å². The van der Waals surface area contributed by atoms with Crippen LogP contribution in [0.15, 0.2) is 65.8 Å². The average molecular weight is 614 g/mol. The maximum Gasteiger partial charge on any atom is 0.222 e. The van der Waals surface area contributed by atoms with Gasteiger partial charge < -0.3 is 20.8 Å². The van der Waals surface area contributed by atoms with Crippen molar-refractivity contribution >= 4 is 47.1 Å². The van der Waals surface area contributed by atoms with Gasteiger partial charge in [0.2, 0.25) is 18.2 Å². The van der Waals surface area contributed by atoms with E-state index in [1.165, 1.54) is 12.4 Å². The zero-order chi connectivity index (χ0) is 30.5. The predicted octanol–water partition coefficient (Wildman–Crippen LogP) is 5.15. The summed E-state index contributed by atoms with van der Waals surface area (Å²) < 4.78 is 19.9. The minimum absolute atomic E-state index is 0.0820. The maximum absolute atomic E-state index is 14.1. The number of nitrogens with one attached hydrogen (secondary N) is 2. The smallest absolute Gasteiger partial charge is 0.222 e. The zero-order valence-electron chi connectivity index (χ0n) is 23.6. The van der Waals surface area contributed by atoms with Crippen LogP contribution in [-0.2, 0) is 17.9 Å². The van der Waals surface area contributed by atoms with Gasteiger partial charge in [-0.2, -0.15) is 4.98 Å². The molecule has 224 valence electrons. The van der Waals surface area contributed by atoms with Crippen LogP contribution in [0.2, 0.25) is 5.02 Å². The van der Waals surface area contributed by atoms with Gasteiger partial charge in [0, 0.05) is 40.0 Å². The number of pyridine rings is 1. The molecule has 1 saturated heterocycles. The highest BCUT2D eigenvalue weighted by Gasteiger charge is 2.23. The third kappa shape index (κ3) is 6.82. The van der Waals surface area contributed by atoms with E-state index in [9.17, 15) is 9.18 Å². The van der Waals surface area contributed by atoms with Crippen molar-refractivity contribution in [3.8, 4) is 17.0 Å². The molecule has 0 saturated carbocycles. The molecule has 0 bridgehead atoms. The quantitative estimate of drug-likeness (QED) is 0.111. The third-order valence-corrected chi connectivity index (χ3v) is 7.71. The number of hydrogen-bond donors (Lipinski definition) is 3. The first-order valence-corrected chi connectivity index (χ1v) is 14.4. The molecule has 6 rings (SSSR count). The second-order valence-electron chi connectivity index (χ2n) is 10.4. The van der Waals surface area contributed by atoms with Crippen LogP contribution < -0.4 is 15.8 Å². The summed E-state index contributed by atoms with van der Waals surface area (Å²) in [6.45, 7) is 2.57. The van der Waals surface area contributed by atoms with E-state index in [-0.39, 0.29) is 12.6 Å². The van der Waals surface area contributed by atoms with Crippen molar-refractivity contribution in [2.24, 2.45) is 4.99 Å². The monoisotopic (exact) mass is 613 g/mol. The van der Waals surface area contributed by atoms with E-state index in [1.807, 2.05) is 30.3 Å². The van der Waals surface area contributed by atoms with Crippen LogP contribution in [0.4, 0.5) is 16.2 Å². The molecule has 0 radical (unpaired) electrons. The Labute approximate surface area is 257 Å². The predicted molar refractivity (Wildman–Crippen MR) is 166 cm³/mol. The Morgan fingerprint density at radius 1 is 1.14 bits per heavy atom. The third-order valence-electron chi connectivity index (χ3n) is 7.47. The summed E-state index contributed by atoms with van der Waals surface area (Å²) in [7, 11) is 0. The lowest BCUT2D eigenvalue weighted by molar-refractivity contribution is -0.108. The standard InChI is InChI=1S/C31H29ClFN9O2/c32-22-6-4-21(24(33)13-22)16-44-29-3-1-2-25(40-29)19-8-10-42(11-9-19)15-28-38-26-7-5-20(12-27(26)39-28)23-14-36-31(34)41-30(23)37-17-35-18-43/h1-7,12-14,17-19H,8-11,15-16H2,(H,38,39)(H3,34,35,36,37,41,43). The molecule has 0 atom stereocenters. The summed E-state index contributed by atoms with van der Waals surface area (Å²) in [5.41, 5.74) is 10.4. The van der Waals surface area contributed by atoms with E-state index < -0.39 is 5.82 Å². The Morgan fingerprint density at radius 2 is 2.00 bits per heavy atom. The van der Waals surface area contributed by atoms with Crippen LogP contribution in [0.25, 0.3) is 22.2 Å². The normalized spacial score (nSPS) is 14.3. The topological polar surface area (TPSA) is 147 Å². The number of benzene rings is 2. The number of aromatic amines is 1. The molecule has 1 aliphatic rings. The first kappa shape index (κ1) is 29.1. The lowest BCUT2D eigenvalue weighted by atomic mass is 9.93. The van der Waals surface area contributed by atoms with Gasteiger partial charge in [-0.05, 0) is 61.8 Å². The number of carbonyl (C=O) groups excluding carboxylic acids is 1. The van der Waals surface area contributed by atoms with Crippen LogP contribution in [0.5, 0.6) is 5.88 Å². The lowest BCUT2D eigenvalue weighted by Crippen LogP contribution is -2.33. The van der Waals surface area contributed by atoms with Crippen LogP contribution >= 0.6 is 11.6 Å². The average Bonchev–Trinajstić information content (AvgIpc) is 3.43. The molecule has 0 unspecified atom stereocenters. The lowest BCUT2D eigenvalue weighted by Gasteiger charge is -2.31. The molecule has 44 heavy (non-hydrogen) atoms. The summed E-state index contributed by atoms with van der Waals surface area (Å²) in [4.78, 5) is 38.4. The molecule has 1 amide bonds. The number of nitrogen functional groups attached to an aromatic ring is 1. The maximum atomic E-state index is 14.1. The fourth-order valence-corrected chi connectivity index (χ4v) is 5.41. The number of anilines is 1. The summed E-state index contributed by atoms with van der Waals surface area (Å²) in [6.07, 6.45) is 5.28. The summed E-state index contributed by atoms with van der Waals surface area (Å²) in [5.74, 6) is 1.69. The van der Waals surface area contributed by atoms with Crippen LogP contribution in [0.3, 0.4) is 0 Å². The second kappa shape index (κ2) is 13.1. The number of fused-ring (bicyclic) bond motifs is 1. The van der Waals surface area contributed by atoms with Gasteiger partial charge in [-0.1, -0.05) is 29.8 Å². The van der Waals surface area contributed by atoms with Crippen molar-refractivity contribution in [1.82, 2.24) is 35.1 Å². The fraction of sp³-hybridized carbons (Fsp3) is 0.226. The first-order chi connectivity index (χ1) is 21.4. The number of halogens is 2. The molecular weight excluding hydrogens is 585 g/mol. The molecule has 1 fully saturated rings. The largest absolute Gasteiger partial charge is 0.473 e. The highest BCUT2D eigenvalue weighted by atomic mass is 35.5. The Hall–Kier alpha value is -4.94. The number of H-pyrrole nitrogens is 1. The van der Waals surface area contributed by atoms with Crippen LogP contribution in [-0.4, -0.2) is 55.7 Å². The number of piperidine rings is 1. The number of imidazole rings is 1. The number of hydrogen-bond acceptors (Lipinski definition) is 9. The number of rotatable bonds is 10. The van der Waals surface area contributed by atoms with Gasteiger partial charge in [-0.25, -0.2) is 24.3 Å². The van der Waals surface area contributed by atoms with Gasteiger partial charge in [-0.15, -0.1) is 0 Å². The van der Waals surface area contributed by atoms with Crippen molar-refractivity contribution in [3.05, 3.63) is 88.7 Å². The molecule has 5 aromatic rings. The molecule has 13 heteroatoms. The number of amides is 1. The Morgan fingerprint density at radius 3 is 2.82 bits per heavy atom. The molecule has 1 aliphatic heterocycles. The number of carbonyl (C=O) groups is 1. The van der Waals surface area contributed by atoms with Gasteiger partial charge in [0.05, 0.1) is 23.9 Å². The molecule has 3 aromatic heterocycles. The molecule has 4 heterocycles. The Bertz CT molecular complexity index is 1820. The van der Waals surface area contributed by atoms with Gasteiger partial charge in [-0.3, -0.25) is 9.69 Å². The van der Waals surface area contributed by atoms with Crippen molar-refractivity contribution < 1.29 is 13.9 Å². The number of nitrogens with zero attached hydrogens (tertiary/aromatic N) is 6.